The second kappa shape index (κ2) is 5.69. The molecule has 0 amide bonds. The number of halogens is 1. The average Bonchev–Trinajstić information content (AvgIpc) is 2.21. The Morgan fingerprint density at radius 2 is 2.25 bits per heavy atom. The van der Waals surface area contributed by atoms with E-state index < -0.39 is 0 Å². The van der Waals surface area contributed by atoms with Crippen molar-refractivity contribution in [3.63, 3.8) is 0 Å². The topological polar surface area (TPSA) is 20.2 Å². The zero-order valence-electron chi connectivity index (χ0n) is 9.23. The van der Waals surface area contributed by atoms with Crippen LogP contribution in [0, 0.1) is 11.7 Å². The normalized spacial score (nSPS) is 18.1. The molecule has 1 aliphatic carbocycles. The number of hydrogen-bond donors (Lipinski definition) is 1. The summed E-state index contributed by atoms with van der Waals surface area (Å²) in [5.74, 6) is 1.18. The Morgan fingerprint density at radius 3 is 2.88 bits per heavy atom. The minimum atomic E-state index is -0.251. The Kier molecular flexibility index (Phi) is 4.24. The molecule has 0 heterocycles. The quantitative estimate of drug-likeness (QED) is 0.795. The highest BCUT2D eigenvalue weighted by molar-refractivity contribution is 7.99. The molecular formula is C13H17FOS. The van der Waals surface area contributed by atoms with Crippen molar-refractivity contribution in [1.82, 2.24) is 0 Å². The van der Waals surface area contributed by atoms with E-state index in [1.807, 2.05) is 6.07 Å². The minimum Gasteiger partial charge on any atom is -0.392 e. The van der Waals surface area contributed by atoms with E-state index in [4.69, 9.17) is 0 Å². The molecule has 0 spiro atoms. The van der Waals surface area contributed by atoms with Crippen LogP contribution in [0.4, 0.5) is 4.39 Å². The van der Waals surface area contributed by atoms with E-state index in [1.54, 1.807) is 6.07 Å². The molecule has 88 valence electrons. The third kappa shape index (κ3) is 3.49. The highest BCUT2D eigenvalue weighted by Crippen LogP contribution is 2.31. The van der Waals surface area contributed by atoms with Crippen molar-refractivity contribution in [2.75, 3.05) is 5.75 Å². The number of rotatable bonds is 5. The van der Waals surface area contributed by atoms with Gasteiger partial charge in [0.25, 0.3) is 0 Å². The van der Waals surface area contributed by atoms with Gasteiger partial charge in [-0.05, 0) is 30.5 Å². The monoisotopic (exact) mass is 240 g/mol. The van der Waals surface area contributed by atoms with Gasteiger partial charge in [-0.2, -0.15) is 0 Å². The zero-order chi connectivity index (χ0) is 11.4. The van der Waals surface area contributed by atoms with Gasteiger partial charge in [-0.1, -0.05) is 25.3 Å². The van der Waals surface area contributed by atoms with Crippen LogP contribution in [-0.4, -0.2) is 17.0 Å². The van der Waals surface area contributed by atoms with Gasteiger partial charge in [-0.15, -0.1) is 11.8 Å². The molecule has 3 heteroatoms. The van der Waals surface area contributed by atoms with Gasteiger partial charge in [0.1, 0.15) is 5.82 Å². The Bertz CT molecular complexity index is 338. The highest BCUT2D eigenvalue weighted by atomic mass is 32.2. The summed E-state index contributed by atoms with van der Waals surface area (Å²) in [6, 6.07) is 6.54. The fraction of sp³-hybridized carbons (Fsp3) is 0.538. The molecule has 1 aliphatic rings. The molecule has 0 radical (unpaired) electrons. The first-order valence-corrected chi connectivity index (χ1v) is 6.79. The molecule has 1 fully saturated rings. The van der Waals surface area contributed by atoms with Gasteiger partial charge >= 0.3 is 0 Å². The van der Waals surface area contributed by atoms with Crippen LogP contribution in [0.3, 0.4) is 0 Å². The van der Waals surface area contributed by atoms with Gasteiger partial charge in [0, 0.05) is 10.6 Å². The molecule has 0 bridgehead atoms. The van der Waals surface area contributed by atoms with E-state index in [0.29, 0.717) is 5.75 Å². The smallest absolute Gasteiger partial charge is 0.124 e. The van der Waals surface area contributed by atoms with Crippen LogP contribution in [-0.2, 0) is 0 Å². The lowest BCUT2D eigenvalue weighted by Crippen LogP contribution is -2.20. The molecule has 0 saturated heterocycles. The third-order valence-electron chi connectivity index (χ3n) is 3.07. The predicted molar refractivity (Wildman–Crippen MR) is 65.1 cm³/mol. The molecule has 1 nitrogen and oxygen atoms in total. The molecule has 1 N–H and O–H groups in total. The third-order valence-corrected chi connectivity index (χ3v) is 4.21. The van der Waals surface area contributed by atoms with Gasteiger partial charge < -0.3 is 5.11 Å². The van der Waals surface area contributed by atoms with Crippen LogP contribution in [0.2, 0.25) is 0 Å². The number of thioether (sulfide) groups is 1. The van der Waals surface area contributed by atoms with Crippen molar-refractivity contribution in [3.8, 4) is 0 Å². The van der Waals surface area contributed by atoms with Crippen LogP contribution >= 0.6 is 11.8 Å². The molecule has 1 saturated carbocycles. The Morgan fingerprint density at radius 1 is 1.44 bits per heavy atom. The molecule has 1 unspecified atom stereocenters. The lowest BCUT2D eigenvalue weighted by atomic mass is 9.82. The Balaban J connectivity index is 1.73. The van der Waals surface area contributed by atoms with Crippen LogP contribution in [0.25, 0.3) is 0 Å². The van der Waals surface area contributed by atoms with Gasteiger partial charge in [0.05, 0.1) is 6.10 Å². The fourth-order valence-corrected chi connectivity index (χ4v) is 2.82. The summed E-state index contributed by atoms with van der Waals surface area (Å²) >= 11 is 1.53. The second-order valence-electron chi connectivity index (χ2n) is 4.45. The Labute approximate surface area is 100 Å². The second-order valence-corrected chi connectivity index (χ2v) is 5.55. The van der Waals surface area contributed by atoms with Crippen molar-refractivity contribution in [3.05, 3.63) is 30.1 Å². The predicted octanol–water partition coefficient (Wildman–Crippen LogP) is 3.47. The number of benzene rings is 1. The lowest BCUT2D eigenvalue weighted by Gasteiger charge is -2.27. The summed E-state index contributed by atoms with van der Waals surface area (Å²) in [4.78, 5) is 0.896. The van der Waals surface area contributed by atoms with Crippen LogP contribution in [0.5, 0.6) is 0 Å². The maximum Gasteiger partial charge on any atom is 0.124 e. The summed E-state index contributed by atoms with van der Waals surface area (Å²) in [5.41, 5.74) is 0. The van der Waals surface area contributed by atoms with Crippen molar-refractivity contribution in [2.45, 2.75) is 36.7 Å². The minimum absolute atomic E-state index is 0.210. The van der Waals surface area contributed by atoms with Gasteiger partial charge in [-0.3, -0.25) is 0 Å². The number of aliphatic hydroxyl groups is 1. The maximum atomic E-state index is 12.9. The van der Waals surface area contributed by atoms with Crippen LogP contribution in [0.15, 0.2) is 29.2 Å². The van der Waals surface area contributed by atoms with Crippen molar-refractivity contribution >= 4 is 11.8 Å². The largest absolute Gasteiger partial charge is 0.392 e. The molecule has 1 aromatic carbocycles. The molecule has 1 atom stereocenters. The van der Waals surface area contributed by atoms with E-state index in [-0.39, 0.29) is 11.9 Å². The van der Waals surface area contributed by atoms with Crippen LogP contribution < -0.4 is 0 Å². The highest BCUT2D eigenvalue weighted by Gasteiger charge is 2.20. The molecule has 0 aromatic heterocycles. The number of hydrogen-bond acceptors (Lipinski definition) is 2. The summed E-state index contributed by atoms with van der Waals surface area (Å²) in [6.45, 7) is 0. The molecule has 2 rings (SSSR count). The SMILES string of the molecule is OC(CSc1cccc(F)c1)CC1CCC1. The van der Waals surface area contributed by atoms with Gasteiger partial charge in [-0.25, -0.2) is 4.39 Å². The Hall–Kier alpha value is -0.540. The summed E-state index contributed by atoms with van der Waals surface area (Å²) in [7, 11) is 0. The van der Waals surface area contributed by atoms with E-state index >= 15 is 0 Å². The van der Waals surface area contributed by atoms with Crippen LogP contribution in [0.1, 0.15) is 25.7 Å². The van der Waals surface area contributed by atoms with E-state index in [9.17, 15) is 9.50 Å². The van der Waals surface area contributed by atoms with E-state index in [0.717, 1.165) is 17.2 Å². The van der Waals surface area contributed by atoms with E-state index in [2.05, 4.69) is 0 Å². The molecule has 16 heavy (non-hydrogen) atoms. The van der Waals surface area contributed by atoms with Crippen molar-refractivity contribution in [2.24, 2.45) is 5.92 Å². The average molecular weight is 240 g/mol. The first kappa shape index (κ1) is 11.9. The van der Waals surface area contributed by atoms with Gasteiger partial charge in [0.2, 0.25) is 0 Å². The molecule has 1 aromatic rings. The maximum absolute atomic E-state index is 12.9. The zero-order valence-corrected chi connectivity index (χ0v) is 10.0. The first-order valence-electron chi connectivity index (χ1n) is 5.80. The molecule has 0 aliphatic heterocycles. The van der Waals surface area contributed by atoms with Gasteiger partial charge in [0.15, 0.2) is 0 Å². The summed E-state index contributed by atoms with van der Waals surface area (Å²) < 4.78 is 12.9. The first-order chi connectivity index (χ1) is 7.74. The molecular weight excluding hydrogens is 223 g/mol. The lowest BCUT2D eigenvalue weighted by molar-refractivity contribution is 0.136. The summed E-state index contributed by atoms with van der Waals surface area (Å²) in [5, 5.41) is 9.80. The summed E-state index contributed by atoms with van der Waals surface area (Å²) in [6.07, 6.45) is 4.50. The number of aliphatic hydroxyl groups excluding tert-OH is 1. The van der Waals surface area contributed by atoms with Crippen molar-refractivity contribution in [1.29, 1.82) is 0 Å². The fourth-order valence-electron chi connectivity index (χ4n) is 1.93. The van der Waals surface area contributed by atoms with Crippen molar-refractivity contribution < 1.29 is 9.50 Å². The standard InChI is InChI=1S/C13H17FOS/c14-11-5-2-6-13(8-11)16-9-12(15)7-10-3-1-4-10/h2,5-6,8,10,12,15H,1,3-4,7,9H2. The van der Waals surface area contributed by atoms with E-state index in [1.165, 1.54) is 43.2 Å².